The van der Waals surface area contributed by atoms with Crippen molar-refractivity contribution in [2.45, 2.75) is 6.42 Å². The molecule has 0 aliphatic heterocycles. The van der Waals surface area contributed by atoms with E-state index in [0.717, 1.165) is 10.0 Å². The molecule has 0 bridgehead atoms. The van der Waals surface area contributed by atoms with E-state index in [2.05, 4.69) is 27.4 Å². The first-order valence-corrected chi connectivity index (χ1v) is 3.67. The molecule has 0 aromatic rings. The van der Waals surface area contributed by atoms with Crippen molar-refractivity contribution in [3.8, 4) is 0 Å². The van der Waals surface area contributed by atoms with Gasteiger partial charge >= 0.3 is 5.71 Å². The molecule has 0 amide bonds. The van der Waals surface area contributed by atoms with Crippen molar-refractivity contribution in [1.29, 1.82) is 0 Å². The van der Waals surface area contributed by atoms with Crippen molar-refractivity contribution in [1.82, 2.24) is 0 Å². The maximum atomic E-state index is 8.35. The topological polar surface area (TPSA) is 36.4 Å². The standard InChI is InChI=1S/C6H5IN2/c7-5-3-1-2-4-6(5)9-8/h2-4H,1H2. The van der Waals surface area contributed by atoms with Crippen LogP contribution < -0.4 is 0 Å². The molecule has 0 radical (unpaired) electrons. The monoisotopic (exact) mass is 232 g/mol. The molecule has 1 aliphatic rings. The first kappa shape index (κ1) is 6.71. The summed E-state index contributed by atoms with van der Waals surface area (Å²) in [4.78, 5) is 3.08. The number of nitrogens with zero attached hydrogens (tertiary/aromatic N) is 2. The SMILES string of the molecule is [N-]=[N+]=C1C=CCC=C1I. The quantitative estimate of drug-likeness (QED) is 0.347. The lowest BCUT2D eigenvalue weighted by Crippen LogP contribution is -1.96. The first-order valence-electron chi connectivity index (χ1n) is 2.59. The van der Waals surface area contributed by atoms with Gasteiger partial charge < -0.3 is 5.53 Å². The number of halogens is 1. The zero-order valence-corrected chi connectivity index (χ0v) is 6.87. The largest absolute Gasteiger partial charge is 0.361 e. The van der Waals surface area contributed by atoms with Gasteiger partial charge in [-0.2, -0.15) is 4.79 Å². The lowest BCUT2D eigenvalue weighted by Gasteiger charge is -1.92. The van der Waals surface area contributed by atoms with Gasteiger partial charge in [-0.15, -0.1) is 0 Å². The molecule has 0 saturated carbocycles. The van der Waals surface area contributed by atoms with E-state index in [0.29, 0.717) is 5.71 Å². The van der Waals surface area contributed by atoms with Crippen LogP contribution in [0.4, 0.5) is 0 Å². The fourth-order valence-electron chi connectivity index (χ4n) is 0.616. The van der Waals surface area contributed by atoms with Crippen molar-refractivity contribution in [3.63, 3.8) is 0 Å². The van der Waals surface area contributed by atoms with Crippen molar-refractivity contribution in [2.24, 2.45) is 0 Å². The highest BCUT2D eigenvalue weighted by atomic mass is 127. The van der Waals surface area contributed by atoms with Crippen LogP contribution in [0.25, 0.3) is 5.53 Å². The summed E-state index contributed by atoms with van der Waals surface area (Å²) in [5.41, 5.74) is 9.01. The third kappa shape index (κ3) is 1.50. The van der Waals surface area contributed by atoms with Crippen LogP contribution in [0.3, 0.4) is 0 Å². The van der Waals surface area contributed by atoms with Gasteiger partial charge in [0, 0.05) is 6.08 Å². The van der Waals surface area contributed by atoms with Gasteiger partial charge in [0.2, 0.25) is 0 Å². The fourth-order valence-corrected chi connectivity index (χ4v) is 1.16. The van der Waals surface area contributed by atoms with Gasteiger partial charge in [0.15, 0.2) is 0 Å². The number of allylic oxidation sites excluding steroid dienone is 4. The number of hydrogen-bond acceptors (Lipinski definition) is 0. The Morgan fingerprint density at radius 1 is 1.67 bits per heavy atom. The van der Waals surface area contributed by atoms with Gasteiger partial charge in [0.1, 0.15) is 0 Å². The summed E-state index contributed by atoms with van der Waals surface area (Å²) in [6, 6.07) is 0. The third-order valence-electron chi connectivity index (χ3n) is 1.06. The van der Waals surface area contributed by atoms with Crippen LogP contribution >= 0.6 is 22.6 Å². The van der Waals surface area contributed by atoms with Crippen molar-refractivity contribution in [2.75, 3.05) is 0 Å². The Labute approximate surface area is 67.0 Å². The van der Waals surface area contributed by atoms with Crippen LogP contribution in [0, 0.1) is 0 Å². The molecule has 0 fully saturated rings. The smallest absolute Gasteiger partial charge is 0.327 e. The Kier molecular flexibility index (Phi) is 2.19. The van der Waals surface area contributed by atoms with Crippen LogP contribution in [0.15, 0.2) is 21.8 Å². The van der Waals surface area contributed by atoms with E-state index >= 15 is 0 Å². The molecule has 0 N–H and O–H groups in total. The van der Waals surface area contributed by atoms with E-state index in [1.54, 1.807) is 0 Å². The molecular formula is C6H5IN2. The zero-order valence-electron chi connectivity index (χ0n) is 4.71. The molecule has 0 unspecified atom stereocenters. The molecule has 1 rings (SSSR count). The minimum absolute atomic E-state index is 0.654. The maximum absolute atomic E-state index is 8.35. The van der Waals surface area contributed by atoms with Gasteiger partial charge in [-0.25, -0.2) is 0 Å². The summed E-state index contributed by atoms with van der Waals surface area (Å²) in [5.74, 6) is 0. The summed E-state index contributed by atoms with van der Waals surface area (Å²) < 4.78 is 1.01. The Morgan fingerprint density at radius 2 is 2.44 bits per heavy atom. The van der Waals surface area contributed by atoms with Crippen molar-refractivity contribution in [3.05, 3.63) is 27.3 Å². The van der Waals surface area contributed by atoms with E-state index in [-0.39, 0.29) is 0 Å². The normalized spacial score (nSPS) is 17.0. The van der Waals surface area contributed by atoms with Gasteiger partial charge in [-0.1, -0.05) is 12.2 Å². The Morgan fingerprint density at radius 3 is 2.89 bits per heavy atom. The Bertz CT molecular complexity index is 221. The molecule has 3 heteroatoms. The molecule has 1 aliphatic carbocycles. The first-order chi connectivity index (χ1) is 4.34. The second-order valence-corrected chi connectivity index (χ2v) is 2.84. The minimum atomic E-state index is 0.654. The molecule has 0 aromatic carbocycles. The molecule has 0 atom stereocenters. The fraction of sp³-hybridized carbons (Fsp3) is 0.167. The van der Waals surface area contributed by atoms with E-state index in [9.17, 15) is 0 Å². The van der Waals surface area contributed by atoms with Crippen molar-refractivity contribution >= 4 is 28.3 Å². The molecule has 0 saturated heterocycles. The lowest BCUT2D eigenvalue weighted by atomic mass is 10.2. The molecule has 2 nitrogen and oxygen atoms in total. The maximum Gasteiger partial charge on any atom is 0.327 e. The summed E-state index contributed by atoms with van der Waals surface area (Å²) >= 11 is 2.14. The van der Waals surface area contributed by atoms with E-state index in [1.807, 2.05) is 18.2 Å². The molecule has 0 heterocycles. The minimum Gasteiger partial charge on any atom is -0.361 e. The second kappa shape index (κ2) is 2.94. The summed E-state index contributed by atoms with van der Waals surface area (Å²) in [6.07, 6.45) is 6.71. The van der Waals surface area contributed by atoms with Gasteiger partial charge in [0.05, 0.1) is 3.58 Å². The van der Waals surface area contributed by atoms with Gasteiger partial charge in [-0.3, -0.25) is 0 Å². The third-order valence-corrected chi connectivity index (χ3v) is 2.05. The van der Waals surface area contributed by atoms with Gasteiger partial charge in [0.25, 0.3) is 0 Å². The number of hydrogen-bond donors (Lipinski definition) is 0. The molecule has 0 spiro atoms. The Balaban J connectivity index is 2.96. The summed E-state index contributed by atoms with van der Waals surface area (Å²) in [5, 5.41) is 0. The lowest BCUT2D eigenvalue weighted by molar-refractivity contribution is -0.00177. The average Bonchev–Trinajstić information content (AvgIpc) is 1.89. The van der Waals surface area contributed by atoms with Crippen LogP contribution in [0.2, 0.25) is 0 Å². The highest BCUT2D eigenvalue weighted by Crippen LogP contribution is 2.13. The predicted molar refractivity (Wildman–Crippen MR) is 44.5 cm³/mol. The van der Waals surface area contributed by atoms with E-state index in [1.165, 1.54) is 0 Å². The van der Waals surface area contributed by atoms with Crippen LogP contribution in [0.1, 0.15) is 6.42 Å². The second-order valence-electron chi connectivity index (χ2n) is 1.68. The van der Waals surface area contributed by atoms with Gasteiger partial charge in [-0.05, 0) is 29.0 Å². The predicted octanol–water partition coefficient (Wildman–Crippen LogP) is 1.94. The highest BCUT2D eigenvalue weighted by Gasteiger charge is 2.09. The summed E-state index contributed by atoms with van der Waals surface area (Å²) in [6.45, 7) is 0. The zero-order chi connectivity index (χ0) is 6.69. The summed E-state index contributed by atoms with van der Waals surface area (Å²) in [7, 11) is 0. The van der Waals surface area contributed by atoms with E-state index in [4.69, 9.17) is 5.53 Å². The average molecular weight is 232 g/mol. The van der Waals surface area contributed by atoms with Crippen LogP contribution in [0.5, 0.6) is 0 Å². The molecule has 9 heavy (non-hydrogen) atoms. The van der Waals surface area contributed by atoms with Crippen LogP contribution in [-0.2, 0) is 0 Å². The molecular weight excluding hydrogens is 227 g/mol. The number of rotatable bonds is 0. The van der Waals surface area contributed by atoms with Crippen LogP contribution in [-0.4, -0.2) is 10.5 Å². The molecule has 46 valence electrons. The Hall–Kier alpha value is -0.410. The highest BCUT2D eigenvalue weighted by molar-refractivity contribution is 14.1. The van der Waals surface area contributed by atoms with Crippen molar-refractivity contribution < 1.29 is 4.79 Å². The van der Waals surface area contributed by atoms with E-state index < -0.39 is 0 Å². The molecule has 0 aromatic heterocycles.